The molecule has 3 nitrogen and oxygen atoms in total. The molecule has 0 radical (unpaired) electrons. The lowest BCUT2D eigenvalue weighted by Crippen LogP contribution is -2.27. The van der Waals surface area contributed by atoms with Crippen LogP contribution in [0.15, 0.2) is 53.4 Å². The van der Waals surface area contributed by atoms with E-state index in [1.807, 2.05) is 19.1 Å². The first-order chi connectivity index (χ1) is 11.5. The molecule has 3 rings (SSSR count). The number of fused-ring (bicyclic) bond motifs is 1. The third-order valence-corrected chi connectivity index (χ3v) is 6.31. The molecule has 2 aromatic rings. The van der Waals surface area contributed by atoms with Gasteiger partial charge in [-0.15, -0.1) is 4.48 Å². The molecule has 5 heteroatoms. The quantitative estimate of drug-likeness (QED) is 0.765. The maximum atomic E-state index is 14.3. The fourth-order valence-corrected chi connectivity index (χ4v) is 4.30. The van der Waals surface area contributed by atoms with Gasteiger partial charge in [0, 0.05) is 6.54 Å². The molecule has 1 aliphatic carbocycles. The highest BCUT2D eigenvalue weighted by Gasteiger charge is 2.26. The van der Waals surface area contributed by atoms with Gasteiger partial charge in [0.1, 0.15) is 0 Å². The van der Waals surface area contributed by atoms with Crippen molar-refractivity contribution < 1.29 is 12.9 Å². The Labute approximate surface area is 143 Å². The second-order valence-corrected chi connectivity index (χ2v) is 8.31. The van der Waals surface area contributed by atoms with Gasteiger partial charge in [-0.1, -0.05) is 42.0 Å². The van der Waals surface area contributed by atoms with Crippen LogP contribution in [0.3, 0.4) is 0 Å². The molecule has 0 saturated carbocycles. The minimum Gasteiger partial charge on any atom is -0.205 e. The van der Waals surface area contributed by atoms with Crippen molar-refractivity contribution in [3.63, 3.8) is 0 Å². The molecule has 0 fully saturated rings. The molecule has 0 saturated heterocycles. The Morgan fingerprint density at radius 2 is 1.75 bits per heavy atom. The average molecular weight is 347 g/mol. The lowest BCUT2D eigenvalue weighted by Gasteiger charge is -2.25. The second-order valence-electron chi connectivity index (χ2n) is 6.50. The van der Waals surface area contributed by atoms with Gasteiger partial charge in [-0.25, -0.2) is 8.42 Å². The van der Waals surface area contributed by atoms with E-state index in [4.69, 9.17) is 0 Å². The number of rotatable bonds is 5. The molecule has 1 aliphatic rings. The van der Waals surface area contributed by atoms with Crippen LogP contribution in [-0.2, 0) is 22.9 Å². The first-order valence-electron chi connectivity index (χ1n) is 8.29. The summed E-state index contributed by atoms with van der Waals surface area (Å²) in [6.45, 7) is 1.77. The van der Waals surface area contributed by atoms with Crippen LogP contribution in [0.25, 0.3) is 0 Å². The monoisotopic (exact) mass is 347 g/mol. The maximum Gasteiger partial charge on any atom is 0.269 e. The van der Waals surface area contributed by atoms with Crippen molar-refractivity contribution in [3.05, 3.63) is 65.2 Å². The molecular weight excluding hydrogens is 325 g/mol. The Hall–Kier alpha value is -1.72. The van der Waals surface area contributed by atoms with Gasteiger partial charge in [0.05, 0.1) is 4.90 Å². The summed E-state index contributed by atoms with van der Waals surface area (Å²) in [5.74, 6) is 0.325. The highest BCUT2D eigenvalue weighted by molar-refractivity contribution is 7.89. The van der Waals surface area contributed by atoms with E-state index in [9.17, 15) is 12.9 Å². The van der Waals surface area contributed by atoms with Crippen molar-refractivity contribution in [1.82, 2.24) is 4.53 Å². The lowest BCUT2D eigenvalue weighted by atomic mass is 9.82. The maximum absolute atomic E-state index is 14.3. The number of benzene rings is 2. The Morgan fingerprint density at radius 3 is 2.46 bits per heavy atom. The number of halogens is 1. The average Bonchev–Trinajstić information content (AvgIpc) is 2.59. The lowest BCUT2D eigenvalue weighted by molar-refractivity contribution is 0.127. The number of aryl methyl sites for hydroxylation is 2. The molecule has 1 atom stereocenters. The van der Waals surface area contributed by atoms with Gasteiger partial charge in [-0.3, -0.25) is 0 Å². The predicted octanol–water partition coefficient (Wildman–Crippen LogP) is 4.07. The highest BCUT2D eigenvalue weighted by atomic mass is 32.2. The molecular formula is C19H22FNO2S. The van der Waals surface area contributed by atoms with Gasteiger partial charge in [-0.05, 0) is 66.3 Å². The molecule has 0 aromatic heterocycles. The van der Waals surface area contributed by atoms with Gasteiger partial charge in [0.15, 0.2) is 0 Å². The first-order valence-corrected chi connectivity index (χ1v) is 9.73. The molecule has 0 bridgehead atoms. The zero-order chi connectivity index (χ0) is 17.2. The van der Waals surface area contributed by atoms with Gasteiger partial charge >= 0.3 is 0 Å². The predicted molar refractivity (Wildman–Crippen MR) is 92.8 cm³/mol. The SMILES string of the molecule is Cc1ccc(S(=O)(=O)N(F)CCC2CCc3ccccc3C2)cc1. The molecule has 0 aliphatic heterocycles. The minimum atomic E-state index is -4.05. The largest absolute Gasteiger partial charge is 0.269 e. The van der Waals surface area contributed by atoms with Crippen LogP contribution in [0.1, 0.15) is 29.5 Å². The normalized spacial score (nSPS) is 17.7. The smallest absolute Gasteiger partial charge is 0.205 e. The highest BCUT2D eigenvalue weighted by Crippen LogP contribution is 2.28. The summed E-state index contributed by atoms with van der Waals surface area (Å²) in [5, 5.41) is 0. The summed E-state index contributed by atoms with van der Waals surface area (Å²) >= 11 is 0. The number of nitrogens with zero attached hydrogens (tertiary/aromatic N) is 1. The van der Waals surface area contributed by atoms with E-state index in [-0.39, 0.29) is 16.0 Å². The summed E-state index contributed by atoms with van der Waals surface area (Å²) < 4.78 is 38.8. The van der Waals surface area contributed by atoms with E-state index in [2.05, 4.69) is 12.1 Å². The Balaban J connectivity index is 1.61. The van der Waals surface area contributed by atoms with Gasteiger partial charge in [-0.2, -0.15) is 0 Å². The third-order valence-electron chi connectivity index (χ3n) is 4.74. The van der Waals surface area contributed by atoms with Gasteiger partial charge in [0.2, 0.25) is 0 Å². The fraction of sp³-hybridized carbons (Fsp3) is 0.368. The Bertz CT molecular complexity index is 802. The fourth-order valence-electron chi connectivity index (χ4n) is 3.25. The first kappa shape index (κ1) is 17.1. The summed E-state index contributed by atoms with van der Waals surface area (Å²) in [4.78, 5) is 0.00425. The van der Waals surface area contributed by atoms with Gasteiger partial charge in [0.25, 0.3) is 10.0 Å². The van der Waals surface area contributed by atoms with E-state index in [1.165, 1.54) is 23.3 Å². The van der Waals surface area contributed by atoms with Crippen molar-refractivity contribution >= 4 is 10.0 Å². The molecule has 1 unspecified atom stereocenters. The second kappa shape index (κ2) is 7.03. The van der Waals surface area contributed by atoms with E-state index >= 15 is 0 Å². The zero-order valence-corrected chi connectivity index (χ0v) is 14.6. The number of sulfonamides is 1. The van der Waals surface area contributed by atoms with Crippen LogP contribution in [0, 0.1) is 12.8 Å². The van der Waals surface area contributed by atoms with Crippen molar-refractivity contribution in [2.75, 3.05) is 6.54 Å². The Kier molecular flexibility index (Phi) is 5.01. The summed E-state index contributed by atoms with van der Waals surface area (Å²) in [5.41, 5.74) is 3.61. The number of hydrogen-bond acceptors (Lipinski definition) is 2. The van der Waals surface area contributed by atoms with Crippen molar-refractivity contribution in [3.8, 4) is 0 Å². The van der Waals surface area contributed by atoms with E-state index < -0.39 is 10.0 Å². The Morgan fingerprint density at radius 1 is 1.08 bits per heavy atom. The molecule has 24 heavy (non-hydrogen) atoms. The zero-order valence-electron chi connectivity index (χ0n) is 13.8. The van der Waals surface area contributed by atoms with Crippen LogP contribution in [-0.4, -0.2) is 19.5 Å². The molecule has 0 heterocycles. The molecule has 0 spiro atoms. The van der Waals surface area contributed by atoms with Crippen molar-refractivity contribution in [1.29, 1.82) is 0 Å². The van der Waals surface area contributed by atoms with Crippen molar-refractivity contribution in [2.45, 2.75) is 37.5 Å². The molecule has 0 amide bonds. The summed E-state index contributed by atoms with van der Waals surface area (Å²) in [6.07, 6.45) is 3.40. The topological polar surface area (TPSA) is 37.4 Å². The molecule has 0 N–H and O–H groups in total. The van der Waals surface area contributed by atoms with Crippen LogP contribution >= 0.6 is 0 Å². The van der Waals surface area contributed by atoms with Crippen LogP contribution in [0.4, 0.5) is 4.48 Å². The van der Waals surface area contributed by atoms with Gasteiger partial charge < -0.3 is 0 Å². The standard InChI is InChI=1S/C19H22FNO2S/c1-15-6-10-19(11-7-15)24(22,23)21(20)13-12-16-8-9-17-4-2-3-5-18(17)14-16/h2-7,10-11,16H,8-9,12-14H2,1H3. The van der Waals surface area contributed by atoms with Crippen LogP contribution in [0.5, 0.6) is 0 Å². The van der Waals surface area contributed by atoms with E-state index in [0.717, 1.165) is 24.8 Å². The van der Waals surface area contributed by atoms with Crippen LogP contribution < -0.4 is 0 Å². The van der Waals surface area contributed by atoms with E-state index in [1.54, 1.807) is 12.1 Å². The summed E-state index contributed by atoms with van der Waals surface area (Å²) in [7, 11) is -4.05. The third kappa shape index (κ3) is 3.68. The molecule has 2 aromatic carbocycles. The van der Waals surface area contributed by atoms with Crippen LogP contribution in [0.2, 0.25) is 0 Å². The number of hydrogen-bond donors (Lipinski definition) is 0. The summed E-state index contributed by atoms with van der Waals surface area (Å²) in [6, 6.07) is 14.6. The molecule has 128 valence electrons. The van der Waals surface area contributed by atoms with Crippen molar-refractivity contribution in [2.24, 2.45) is 5.92 Å². The van der Waals surface area contributed by atoms with E-state index in [0.29, 0.717) is 12.3 Å². The minimum absolute atomic E-state index is 0.00181.